The molecule has 0 aliphatic carbocycles. The summed E-state index contributed by atoms with van der Waals surface area (Å²) >= 11 is 0. The van der Waals surface area contributed by atoms with E-state index in [0.717, 1.165) is 25.6 Å². The van der Waals surface area contributed by atoms with Gasteiger partial charge in [0.15, 0.2) is 5.96 Å². The number of likely N-dealkylation sites (N-methyl/N-ethyl adjacent to an activating group) is 1. The van der Waals surface area contributed by atoms with Crippen molar-refractivity contribution in [3.63, 3.8) is 0 Å². The molecule has 2 saturated heterocycles. The summed E-state index contributed by atoms with van der Waals surface area (Å²) in [5.74, 6) is 0.993. The third kappa shape index (κ3) is 10.3. The fraction of sp³-hybridized carbons (Fsp3) is 0.952. The van der Waals surface area contributed by atoms with Gasteiger partial charge in [-0.2, -0.15) is 0 Å². The molecule has 0 saturated carbocycles. The summed E-state index contributed by atoms with van der Waals surface area (Å²) in [6, 6.07) is 0. The predicted octanol–water partition coefficient (Wildman–Crippen LogP) is 1.84. The molecule has 0 spiro atoms. The Morgan fingerprint density at radius 1 is 0.778 bits per heavy atom. The molecule has 27 heavy (non-hydrogen) atoms. The van der Waals surface area contributed by atoms with Crippen molar-refractivity contribution in [2.75, 3.05) is 79.0 Å². The molecule has 2 N–H and O–H groups in total. The van der Waals surface area contributed by atoms with Gasteiger partial charge in [-0.1, -0.05) is 12.8 Å². The standard InChI is InChI=1S/C21H44N6/c1-3-22-21(24-12-10-16-26-13-7-4-5-8-14-26)23-11-6-9-15-27-19-17-25(2)18-20-27/h3-20H2,1-2H3,(H2,22,23,24). The molecule has 2 rings (SSSR count). The second kappa shape index (κ2) is 14.2. The number of hydrogen-bond donors (Lipinski definition) is 2. The molecule has 0 bridgehead atoms. The van der Waals surface area contributed by atoms with Gasteiger partial charge in [-0.05, 0) is 72.3 Å². The molecule has 2 aliphatic rings. The third-order valence-corrected chi connectivity index (χ3v) is 5.73. The molecule has 0 aromatic heterocycles. The summed E-state index contributed by atoms with van der Waals surface area (Å²) in [5.41, 5.74) is 0. The van der Waals surface area contributed by atoms with E-state index in [0.29, 0.717) is 0 Å². The first-order chi connectivity index (χ1) is 13.3. The summed E-state index contributed by atoms with van der Waals surface area (Å²) in [4.78, 5) is 12.4. The van der Waals surface area contributed by atoms with Crippen molar-refractivity contribution in [1.82, 2.24) is 25.3 Å². The van der Waals surface area contributed by atoms with E-state index >= 15 is 0 Å². The van der Waals surface area contributed by atoms with E-state index in [4.69, 9.17) is 4.99 Å². The Balaban J connectivity index is 1.53. The van der Waals surface area contributed by atoms with Gasteiger partial charge in [0.1, 0.15) is 0 Å². The Morgan fingerprint density at radius 3 is 2.15 bits per heavy atom. The number of piperazine rings is 1. The van der Waals surface area contributed by atoms with Gasteiger partial charge in [0.05, 0.1) is 0 Å². The van der Waals surface area contributed by atoms with Crippen LogP contribution >= 0.6 is 0 Å². The number of nitrogens with one attached hydrogen (secondary N) is 2. The van der Waals surface area contributed by atoms with Crippen LogP contribution in [0.4, 0.5) is 0 Å². The average Bonchev–Trinajstić information content (AvgIpc) is 2.95. The van der Waals surface area contributed by atoms with Gasteiger partial charge in [-0.15, -0.1) is 0 Å². The van der Waals surface area contributed by atoms with E-state index in [2.05, 4.69) is 39.3 Å². The second-order valence-corrected chi connectivity index (χ2v) is 8.15. The zero-order chi connectivity index (χ0) is 19.2. The van der Waals surface area contributed by atoms with Crippen molar-refractivity contribution < 1.29 is 0 Å². The Kier molecular flexibility index (Phi) is 11.8. The molecule has 6 heteroatoms. The van der Waals surface area contributed by atoms with Gasteiger partial charge >= 0.3 is 0 Å². The maximum Gasteiger partial charge on any atom is 0.191 e. The Bertz CT molecular complexity index is 384. The monoisotopic (exact) mass is 380 g/mol. The van der Waals surface area contributed by atoms with E-state index in [1.54, 1.807) is 0 Å². The van der Waals surface area contributed by atoms with Crippen LogP contribution in [-0.4, -0.2) is 99.7 Å². The van der Waals surface area contributed by atoms with Crippen LogP contribution in [0, 0.1) is 0 Å². The Morgan fingerprint density at radius 2 is 1.44 bits per heavy atom. The zero-order valence-corrected chi connectivity index (χ0v) is 18.0. The lowest BCUT2D eigenvalue weighted by Gasteiger charge is -2.32. The highest BCUT2D eigenvalue weighted by Gasteiger charge is 2.12. The van der Waals surface area contributed by atoms with Gasteiger partial charge in [-0.3, -0.25) is 4.99 Å². The summed E-state index contributed by atoms with van der Waals surface area (Å²) in [7, 11) is 2.22. The highest BCUT2D eigenvalue weighted by Crippen LogP contribution is 2.09. The molecule has 2 heterocycles. The topological polar surface area (TPSA) is 46.1 Å². The van der Waals surface area contributed by atoms with Crippen LogP contribution in [0.25, 0.3) is 0 Å². The highest BCUT2D eigenvalue weighted by atomic mass is 15.2. The third-order valence-electron chi connectivity index (χ3n) is 5.73. The van der Waals surface area contributed by atoms with Crippen molar-refractivity contribution in [2.45, 2.75) is 51.9 Å². The fourth-order valence-electron chi connectivity index (χ4n) is 3.93. The van der Waals surface area contributed by atoms with E-state index in [-0.39, 0.29) is 0 Å². The maximum absolute atomic E-state index is 4.77. The minimum absolute atomic E-state index is 0.924. The predicted molar refractivity (Wildman–Crippen MR) is 117 cm³/mol. The summed E-state index contributed by atoms with van der Waals surface area (Å²) in [6.07, 6.45) is 9.23. The van der Waals surface area contributed by atoms with E-state index in [1.165, 1.54) is 97.3 Å². The molecule has 158 valence electrons. The van der Waals surface area contributed by atoms with Crippen LogP contribution in [-0.2, 0) is 0 Å². The van der Waals surface area contributed by atoms with Gasteiger partial charge in [0, 0.05) is 45.8 Å². The number of rotatable bonds is 10. The molecular formula is C21H44N6. The average molecular weight is 381 g/mol. The minimum atomic E-state index is 0.924. The number of nitrogens with zero attached hydrogens (tertiary/aromatic N) is 4. The van der Waals surface area contributed by atoms with Crippen LogP contribution in [0.15, 0.2) is 4.99 Å². The number of guanidine groups is 1. The maximum atomic E-state index is 4.77. The summed E-state index contributed by atoms with van der Waals surface area (Å²) in [6.45, 7) is 14.9. The summed E-state index contributed by atoms with van der Waals surface area (Å²) in [5, 5.41) is 6.90. The van der Waals surface area contributed by atoms with Crippen LogP contribution in [0.3, 0.4) is 0 Å². The molecule has 2 fully saturated rings. The largest absolute Gasteiger partial charge is 0.357 e. The van der Waals surface area contributed by atoms with Crippen LogP contribution in [0.1, 0.15) is 51.9 Å². The highest BCUT2D eigenvalue weighted by molar-refractivity contribution is 5.79. The quantitative estimate of drug-likeness (QED) is 0.344. The molecule has 0 amide bonds. The normalized spacial score (nSPS) is 21.2. The van der Waals surface area contributed by atoms with Gasteiger partial charge < -0.3 is 25.3 Å². The number of aliphatic imine (C=N–C) groups is 1. The lowest BCUT2D eigenvalue weighted by Crippen LogP contribution is -2.44. The van der Waals surface area contributed by atoms with Gasteiger partial charge in [-0.25, -0.2) is 0 Å². The molecule has 0 aromatic rings. The molecule has 6 nitrogen and oxygen atoms in total. The van der Waals surface area contributed by atoms with Crippen molar-refractivity contribution in [3.05, 3.63) is 0 Å². The van der Waals surface area contributed by atoms with Crippen molar-refractivity contribution >= 4 is 5.96 Å². The number of likely N-dealkylation sites (tertiary alicyclic amines) is 1. The van der Waals surface area contributed by atoms with Crippen molar-refractivity contribution in [3.8, 4) is 0 Å². The molecule has 0 unspecified atom stereocenters. The SMILES string of the molecule is CCNC(=NCCCN1CCCCCC1)NCCCCN1CCN(C)CC1. The van der Waals surface area contributed by atoms with Crippen LogP contribution in [0.5, 0.6) is 0 Å². The molecule has 0 radical (unpaired) electrons. The Labute approximate surface area is 167 Å². The molecule has 0 atom stereocenters. The lowest BCUT2D eigenvalue weighted by atomic mass is 10.2. The fourth-order valence-corrected chi connectivity index (χ4v) is 3.93. The van der Waals surface area contributed by atoms with Gasteiger partial charge in [0.25, 0.3) is 0 Å². The first-order valence-electron chi connectivity index (χ1n) is 11.4. The van der Waals surface area contributed by atoms with Crippen LogP contribution < -0.4 is 10.6 Å². The van der Waals surface area contributed by atoms with E-state index in [9.17, 15) is 0 Å². The molecular weight excluding hydrogens is 336 g/mol. The first kappa shape index (κ1) is 22.4. The molecule has 2 aliphatic heterocycles. The Hall–Kier alpha value is -0.850. The van der Waals surface area contributed by atoms with Gasteiger partial charge in [0.2, 0.25) is 0 Å². The van der Waals surface area contributed by atoms with Crippen molar-refractivity contribution in [2.24, 2.45) is 4.99 Å². The smallest absolute Gasteiger partial charge is 0.191 e. The second-order valence-electron chi connectivity index (χ2n) is 8.15. The van der Waals surface area contributed by atoms with E-state index < -0.39 is 0 Å². The minimum Gasteiger partial charge on any atom is -0.357 e. The molecule has 0 aromatic carbocycles. The van der Waals surface area contributed by atoms with Crippen molar-refractivity contribution in [1.29, 1.82) is 0 Å². The van der Waals surface area contributed by atoms with E-state index in [1.807, 2.05) is 0 Å². The lowest BCUT2D eigenvalue weighted by molar-refractivity contribution is 0.152. The zero-order valence-electron chi connectivity index (χ0n) is 18.0. The number of unbranched alkanes of at least 4 members (excludes halogenated alkanes) is 1. The van der Waals surface area contributed by atoms with Crippen LogP contribution in [0.2, 0.25) is 0 Å². The first-order valence-corrected chi connectivity index (χ1v) is 11.4. The summed E-state index contributed by atoms with van der Waals surface area (Å²) < 4.78 is 0. The number of hydrogen-bond acceptors (Lipinski definition) is 4.